The molecule has 0 unspecified atom stereocenters. The molecule has 1 amide bonds. The topological polar surface area (TPSA) is 49.6 Å². The van der Waals surface area contributed by atoms with Crippen LogP contribution in [0.3, 0.4) is 0 Å². The van der Waals surface area contributed by atoms with Crippen LogP contribution in [0.5, 0.6) is 0 Å². The van der Waals surface area contributed by atoms with Crippen LogP contribution in [0.15, 0.2) is 0 Å². The number of hydrogen-bond donors (Lipinski definition) is 1. The van der Waals surface area contributed by atoms with E-state index in [1.807, 2.05) is 0 Å². The number of amides is 1. The van der Waals surface area contributed by atoms with Crippen LogP contribution in [-0.2, 0) is 4.79 Å². The van der Waals surface area contributed by atoms with Crippen molar-refractivity contribution in [3.05, 3.63) is 0 Å². The summed E-state index contributed by atoms with van der Waals surface area (Å²) in [5.74, 6) is -0.223. The fourth-order valence-electron chi connectivity index (χ4n) is 1.48. The molecule has 1 fully saturated rings. The van der Waals surface area contributed by atoms with E-state index < -0.39 is 0 Å². The summed E-state index contributed by atoms with van der Waals surface area (Å²) in [6.07, 6.45) is 1.13. The molecule has 0 radical (unpaired) electrons. The Bertz CT molecular complexity index is 160. The van der Waals surface area contributed by atoms with Crippen molar-refractivity contribution in [1.82, 2.24) is 9.80 Å². The maximum atomic E-state index is 10.6. The van der Waals surface area contributed by atoms with Gasteiger partial charge < -0.3 is 10.6 Å². The zero-order valence-electron chi connectivity index (χ0n) is 7.62. The number of likely N-dealkylation sites (N-methyl/N-ethyl adjacent to an activating group) is 1. The van der Waals surface area contributed by atoms with E-state index in [4.69, 9.17) is 5.73 Å². The van der Waals surface area contributed by atoms with Gasteiger partial charge in [0.25, 0.3) is 0 Å². The Kier molecular flexibility index (Phi) is 3.49. The minimum Gasteiger partial charge on any atom is -0.369 e. The molecule has 1 aliphatic rings. The molecular formula is C8H17N3O. The first-order valence-corrected chi connectivity index (χ1v) is 4.37. The smallest absolute Gasteiger partial charge is 0.231 e. The molecule has 0 aliphatic carbocycles. The van der Waals surface area contributed by atoms with Gasteiger partial charge in [0.2, 0.25) is 5.91 Å². The number of hydrogen-bond acceptors (Lipinski definition) is 3. The lowest BCUT2D eigenvalue weighted by atomic mass is 10.4. The van der Waals surface area contributed by atoms with Crippen molar-refractivity contribution < 1.29 is 4.79 Å². The molecule has 1 rings (SSSR count). The van der Waals surface area contributed by atoms with E-state index in [1.165, 1.54) is 0 Å². The van der Waals surface area contributed by atoms with Gasteiger partial charge in [-0.15, -0.1) is 0 Å². The Labute approximate surface area is 73.3 Å². The fourth-order valence-corrected chi connectivity index (χ4v) is 1.48. The lowest BCUT2D eigenvalue weighted by Crippen LogP contribution is -2.36. The van der Waals surface area contributed by atoms with Gasteiger partial charge in [-0.3, -0.25) is 9.69 Å². The van der Waals surface area contributed by atoms with E-state index in [1.54, 1.807) is 0 Å². The van der Waals surface area contributed by atoms with Crippen molar-refractivity contribution in [2.45, 2.75) is 6.42 Å². The molecule has 12 heavy (non-hydrogen) atoms. The Morgan fingerprint density at radius 1 is 1.33 bits per heavy atom. The second-order valence-electron chi connectivity index (χ2n) is 3.40. The second-order valence-corrected chi connectivity index (χ2v) is 3.40. The summed E-state index contributed by atoms with van der Waals surface area (Å²) < 4.78 is 0. The summed E-state index contributed by atoms with van der Waals surface area (Å²) in [6, 6.07) is 0. The second kappa shape index (κ2) is 4.42. The first kappa shape index (κ1) is 9.48. The van der Waals surface area contributed by atoms with Crippen LogP contribution in [0.2, 0.25) is 0 Å². The summed E-state index contributed by atoms with van der Waals surface area (Å²) in [4.78, 5) is 15.0. The van der Waals surface area contributed by atoms with E-state index in [0.717, 1.165) is 32.6 Å². The molecule has 0 atom stereocenters. The quantitative estimate of drug-likeness (QED) is 0.586. The predicted molar refractivity (Wildman–Crippen MR) is 47.7 cm³/mol. The molecule has 1 saturated heterocycles. The van der Waals surface area contributed by atoms with Crippen molar-refractivity contribution >= 4 is 5.91 Å². The summed E-state index contributed by atoms with van der Waals surface area (Å²) >= 11 is 0. The average Bonchev–Trinajstić information content (AvgIpc) is 2.15. The summed E-state index contributed by atoms with van der Waals surface area (Å²) in [6.45, 7) is 4.52. The minimum absolute atomic E-state index is 0.223. The molecule has 0 aromatic carbocycles. The highest BCUT2D eigenvalue weighted by molar-refractivity contribution is 5.75. The number of primary amides is 1. The molecule has 0 saturated carbocycles. The van der Waals surface area contributed by atoms with Gasteiger partial charge in [-0.2, -0.15) is 0 Å². The largest absolute Gasteiger partial charge is 0.369 e. The molecule has 4 nitrogen and oxygen atoms in total. The number of nitrogens with zero attached hydrogens (tertiary/aromatic N) is 2. The normalized spacial score (nSPS) is 22.1. The van der Waals surface area contributed by atoms with Crippen LogP contribution in [-0.4, -0.2) is 55.5 Å². The standard InChI is InChI=1S/C8H17N3O/c1-10-3-2-4-11(6-5-10)7-8(9)12/h2-7H2,1H3,(H2,9,12). The first-order chi connectivity index (χ1) is 5.68. The maximum absolute atomic E-state index is 10.6. The third-order valence-corrected chi connectivity index (χ3v) is 2.19. The molecule has 0 aromatic heterocycles. The van der Waals surface area contributed by atoms with Crippen molar-refractivity contribution in [1.29, 1.82) is 0 Å². The number of carbonyl (C=O) groups is 1. The Hall–Kier alpha value is -0.610. The molecule has 1 heterocycles. The van der Waals surface area contributed by atoms with Crippen molar-refractivity contribution in [3.63, 3.8) is 0 Å². The molecule has 0 bridgehead atoms. The van der Waals surface area contributed by atoms with E-state index in [2.05, 4.69) is 16.8 Å². The van der Waals surface area contributed by atoms with Gasteiger partial charge in [0.05, 0.1) is 6.54 Å². The molecule has 1 aliphatic heterocycles. The number of carbonyl (C=O) groups excluding carboxylic acids is 1. The predicted octanol–water partition coefficient (Wildman–Crippen LogP) is -0.891. The lowest BCUT2D eigenvalue weighted by Gasteiger charge is -2.17. The fraction of sp³-hybridized carbons (Fsp3) is 0.875. The molecule has 4 heteroatoms. The van der Waals surface area contributed by atoms with E-state index in [-0.39, 0.29) is 5.91 Å². The van der Waals surface area contributed by atoms with Gasteiger partial charge in [0.1, 0.15) is 0 Å². The van der Waals surface area contributed by atoms with Crippen molar-refractivity contribution in [2.75, 3.05) is 39.8 Å². The van der Waals surface area contributed by atoms with Crippen LogP contribution in [0.4, 0.5) is 0 Å². The highest BCUT2D eigenvalue weighted by Gasteiger charge is 2.12. The van der Waals surface area contributed by atoms with Crippen LogP contribution < -0.4 is 5.73 Å². The Morgan fingerprint density at radius 3 is 2.75 bits per heavy atom. The van der Waals surface area contributed by atoms with Gasteiger partial charge in [0.15, 0.2) is 0 Å². The zero-order valence-corrected chi connectivity index (χ0v) is 7.62. The van der Waals surface area contributed by atoms with Crippen molar-refractivity contribution in [2.24, 2.45) is 5.73 Å². The van der Waals surface area contributed by atoms with Gasteiger partial charge in [-0.05, 0) is 26.6 Å². The van der Waals surface area contributed by atoms with Gasteiger partial charge in [0, 0.05) is 13.1 Å². The van der Waals surface area contributed by atoms with Crippen LogP contribution in [0.1, 0.15) is 6.42 Å². The number of rotatable bonds is 2. The summed E-state index contributed by atoms with van der Waals surface area (Å²) in [5.41, 5.74) is 5.11. The lowest BCUT2D eigenvalue weighted by molar-refractivity contribution is -0.119. The van der Waals surface area contributed by atoms with Crippen molar-refractivity contribution in [3.8, 4) is 0 Å². The average molecular weight is 171 g/mol. The monoisotopic (exact) mass is 171 g/mol. The highest BCUT2D eigenvalue weighted by atomic mass is 16.1. The van der Waals surface area contributed by atoms with E-state index >= 15 is 0 Å². The number of nitrogens with two attached hydrogens (primary N) is 1. The van der Waals surface area contributed by atoms with Gasteiger partial charge in [-0.1, -0.05) is 0 Å². The van der Waals surface area contributed by atoms with Gasteiger partial charge >= 0.3 is 0 Å². The van der Waals surface area contributed by atoms with Crippen LogP contribution in [0, 0.1) is 0 Å². The highest BCUT2D eigenvalue weighted by Crippen LogP contribution is 1.99. The molecule has 2 N–H and O–H groups in total. The maximum Gasteiger partial charge on any atom is 0.231 e. The zero-order chi connectivity index (χ0) is 8.97. The van der Waals surface area contributed by atoms with E-state index in [0.29, 0.717) is 6.54 Å². The molecule has 0 spiro atoms. The first-order valence-electron chi connectivity index (χ1n) is 4.37. The van der Waals surface area contributed by atoms with Crippen LogP contribution >= 0.6 is 0 Å². The molecule has 70 valence electrons. The van der Waals surface area contributed by atoms with Gasteiger partial charge in [-0.25, -0.2) is 0 Å². The summed E-state index contributed by atoms with van der Waals surface area (Å²) in [5, 5.41) is 0. The van der Waals surface area contributed by atoms with Crippen LogP contribution in [0.25, 0.3) is 0 Å². The third kappa shape index (κ3) is 3.19. The van der Waals surface area contributed by atoms with E-state index in [9.17, 15) is 4.79 Å². The molecule has 0 aromatic rings. The SMILES string of the molecule is CN1CCCN(CC(N)=O)CC1. The molecular weight excluding hydrogens is 154 g/mol. The summed E-state index contributed by atoms with van der Waals surface area (Å²) in [7, 11) is 2.10. The minimum atomic E-state index is -0.223. The third-order valence-electron chi connectivity index (χ3n) is 2.19. The Morgan fingerprint density at radius 2 is 2.08 bits per heavy atom. The Balaban J connectivity index is 2.30.